The van der Waals surface area contributed by atoms with Gasteiger partial charge in [0.15, 0.2) is 11.3 Å². The van der Waals surface area contributed by atoms with Gasteiger partial charge in [0.25, 0.3) is 0 Å². The Hall–Kier alpha value is -1.20. The standard InChI is InChI=1S/C28H38Br2O3/c1-3-5-7-9-11-13-17-31-26-20-25-22(19-24(26)30)21-15-16-23(29)28(27(21)33-25)32-18-14-12-10-8-6-4-2/h15-16,19-20H,3-14,17-18H2,1-2H3. The molecule has 0 aliphatic heterocycles. The van der Waals surface area contributed by atoms with Gasteiger partial charge in [0.05, 0.1) is 22.2 Å². The van der Waals surface area contributed by atoms with Crippen LogP contribution in [0.15, 0.2) is 37.6 Å². The van der Waals surface area contributed by atoms with Crippen LogP contribution in [0.1, 0.15) is 90.9 Å². The number of hydrogen-bond donors (Lipinski definition) is 0. The fourth-order valence-electron chi connectivity index (χ4n) is 4.16. The molecule has 5 heteroatoms. The molecule has 0 saturated heterocycles. The van der Waals surface area contributed by atoms with Crippen molar-refractivity contribution in [1.82, 2.24) is 0 Å². The molecule has 182 valence electrons. The smallest absolute Gasteiger partial charge is 0.178 e. The Morgan fingerprint density at radius 2 is 1.27 bits per heavy atom. The van der Waals surface area contributed by atoms with E-state index in [4.69, 9.17) is 13.9 Å². The van der Waals surface area contributed by atoms with E-state index in [1.54, 1.807) is 0 Å². The van der Waals surface area contributed by atoms with Gasteiger partial charge in [-0.1, -0.05) is 78.1 Å². The molecule has 3 rings (SSSR count). The second-order valence-corrected chi connectivity index (χ2v) is 10.6. The quantitative estimate of drug-likeness (QED) is 0.158. The fraction of sp³-hybridized carbons (Fsp3) is 0.571. The van der Waals surface area contributed by atoms with Crippen LogP contribution in [0.25, 0.3) is 21.9 Å². The molecule has 0 radical (unpaired) electrons. The zero-order chi connectivity index (χ0) is 23.5. The van der Waals surface area contributed by atoms with E-state index in [-0.39, 0.29) is 0 Å². The summed E-state index contributed by atoms with van der Waals surface area (Å²) in [5.74, 6) is 1.63. The molecule has 0 bridgehead atoms. The molecule has 3 aromatic rings. The summed E-state index contributed by atoms with van der Waals surface area (Å²) in [4.78, 5) is 0. The molecule has 3 nitrogen and oxygen atoms in total. The molecule has 0 spiro atoms. The highest BCUT2D eigenvalue weighted by atomic mass is 79.9. The number of furan rings is 1. The van der Waals surface area contributed by atoms with Crippen LogP contribution in [0.2, 0.25) is 0 Å². The van der Waals surface area contributed by atoms with E-state index in [2.05, 4.69) is 57.8 Å². The first-order valence-corrected chi connectivity index (χ1v) is 14.3. The van der Waals surface area contributed by atoms with Crippen LogP contribution in [0.5, 0.6) is 11.5 Å². The van der Waals surface area contributed by atoms with Crippen molar-refractivity contribution in [2.45, 2.75) is 90.9 Å². The molecule has 0 atom stereocenters. The summed E-state index contributed by atoms with van der Waals surface area (Å²) < 4.78 is 20.4. The number of halogens is 2. The molecule has 0 amide bonds. The maximum Gasteiger partial charge on any atom is 0.178 e. The molecular weight excluding hydrogens is 544 g/mol. The summed E-state index contributed by atoms with van der Waals surface area (Å²) in [6.45, 7) is 5.93. The molecule has 0 N–H and O–H groups in total. The van der Waals surface area contributed by atoms with Crippen molar-refractivity contribution < 1.29 is 13.9 Å². The van der Waals surface area contributed by atoms with Crippen molar-refractivity contribution in [3.63, 3.8) is 0 Å². The Balaban J connectivity index is 1.65. The first-order valence-electron chi connectivity index (χ1n) is 12.8. The third-order valence-corrected chi connectivity index (χ3v) is 7.34. The number of ether oxygens (including phenoxy) is 2. The van der Waals surface area contributed by atoms with Crippen LogP contribution in [-0.2, 0) is 0 Å². The predicted octanol–water partition coefficient (Wildman–Crippen LogP) is 10.6. The van der Waals surface area contributed by atoms with E-state index < -0.39 is 0 Å². The van der Waals surface area contributed by atoms with Crippen LogP contribution < -0.4 is 9.47 Å². The highest BCUT2D eigenvalue weighted by Gasteiger charge is 2.17. The van der Waals surface area contributed by atoms with E-state index >= 15 is 0 Å². The van der Waals surface area contributed by atoms with E-state index in [1.165, 1.54) is 64.2 Å². The van der Waals surface area contributed by atoms with Gasteiger partial charge in [-0.2, -0.15) is 0 Å². The molecule has 0 unspecified atom stereocenters. The summed E-state index contributed by atoms with van der Waals surface area (Å²) >= 11 is 7.35. The SMILES string of the molecule is CCCCCCCCOc1cc2oc3c(OCCCCCCCC)c(Br)ccc3c2cc1Br. The van der Waals surface area contributed by atoms with Gasteiger partial charge < -0.3 is 13.9 Å². The summed E-state index contributed by atoms with van der Waals surface area (Å²) in [5, 5.41) is 2.13. The number of hydrogen-bond acceptors (Lipinski definition) is 3. The van der Waals surface area contributed by atoms with Gasteiger partial charge in [0.2, 0.25) is 0 Å². The van der Waals surface area contributed by atoms with Gasteiger partial charge in [0, 0.05) is 16.8 Å². The number of rotatable bonds is 16. The van der Waals surface area contributed by atoms with E-state index in [0.29, 0.717) is 6.61 Å². The Morgan fingerprint density at radius 3 is 1.94 bits per heavy atom. The van der Waals surface area contributed by atoms with Gasteiger partial charge >= 0.3 is 0 Å². The molecule has 33 heavy (non-hydrogen) atoms. The summed E-state index contributed by atoms with van der Waals surface area (Å²) in [7, 11) is 0. The molecule has 1 heterocycles. The third kappa shape index (κ3) is 7.65. The Labute approximate surface area is 215 Å². The molecule has 2 aromatic carbocycles. The van der Waals surface area contributed by atoms with Crippen molar-refractivity contribution >= 4 is 53.8 Å². The third-order valence-electron chi connectivity index (χ3n) is 6.10. The summed E-state index contributed by atoms with van der Waals surface area (Å²) in [5.41, 5.74) is 1.62. The zero-order valence-electron chi connectivity index (χ0n) is 20.2. The molecule has 0 aliphatic rings. The molecule has 0 fully saturated rings. The minimum atomic E-state index is 0.706. The minimum Gasteiger partial charge on any atom is -0.492 e. The number of unbranched alkanes of at least 4 members (excludes halogenated alkanes) is 10. The summed E-state index contributed by atoms with van der Waals surface area (Å²) in [6, 6.07) is 8.24. The second kappa shape index (κ2) is 14.3. The first-order chi connectivity index (χ1) is 16.2. The van der Waals surface area contributed by atoms with Gasteiger partial charge in [-0.05, 0) is 62.9 Å². The van der Waals surface area contributed by atoms with Gasteiger partial charge in [-0.25, -0.2) is 0 Å². The van der Waals surface area contributed by atoms with E-state index in [0.717, 1.165) is 61.8 Å². The number of benzene rings is 2. The van der Waals surface area contributed by atoms with Crippen LogP contribution in [0.3, 0.4) is 0 Å². The highest BCUT2D eigenvalue weighted by molar-refractivity contribution is 9.11. The van der Waals surface area contributed by atoms with Crippen molar-refractivity contribution in [2.75, 3.05) is 13.2 Å². The molecule has 0 saturated carbocycles. The van der Waals surface area contributed by atoms with Gasteiger partial charge in [-0.3, -0.25) is 0 Å². The lowest BCUT2D eigenvalue weighted by atomic mass is 10.1. The maximum atomic E-state index is 6.29. The van der Waals surface area contributed by atoms with Gasteiger partial charge in [-0.15, -0.1) is 0 Å². The number of fused-ring (bicyclic) bond motifs is 3. The largest absolute Gasteiger partial charge is 0.492 e. The highest BCUT2D eigenvalue weighted by Crippen LogP contribution is 2.42. The topological polar surface area (TPSA) is 31.6 Å². The lowest BCUT2D eigenvalue weighted by Gasteiger charge is -2.08. The summed E-state index contributed by atoms with van der Waals surface area (Å²) in [6.07, 6.45) is 15.0. The predicted molar refractivity (Wildman–Crippen MR) is 147 cm³/mol. The van der Waals surface area contributed by atoms with E-state index in [1.807, 2.05) is 12.1 Å². The zero-order valence-corrected chi connectivity index (χ0v) is 23.4. The van der Waals surface area contributed by atoms with Crippen LogP contribution >= 0.6 is 31.9 Å². The van der Waals surface area contributed by atoms with Crippen LogP contribution in [0.4, 0.5) is 0 Å². The van der Waals surface area contributed by atoms with Crippen LogP contribution in [0, 0.1) is 0 Å². The normalized spacial score (nSPS) is 11.5. The van der Waals surface area contributed by atoms with Crippen molar-refractivity contribution in [3.8, 4) is 11.5 Å². The minimum absolute atomic E-state index is 0.706. The Morgan fingerprint density at radius 1 is 0.667 bits per heavy atom. The van der Waals surface area contributed by atoms with E-state index in [9.17, 15) is 0 Å². The van der Waals surface area contributed by atoms with Gasteiger partial charge in [0.1, 0.15) is 11.3 Å². The van der Waals surface area contributed by atoms with Crippen molar-refractivity contribution in [1.29, 1.82) is 0 Å². The average molecular weight is 582 g/mol. The molecule has 1 aromatic heterocycles. The molecule has 0 aliphatic carbocycles. The Bertz CT molecular complexity index is 996. The lowest BCUT2D eigenvalue weighted by Crippen LogP contribution is -1.98. The van der Waals surface area contributed by atoms with Crippen molar-refractivity contribution in [3.05, 3.63) is 33.2 Å². The lowest BCUT2D eigenvalue weighted by molar-refractivity contribution is 0.301. The maximum absolute atomic E-state index is 6.29. The second-order valence-electron chi connectivity index (χ2n) is 8.87. The van der Waals surface area contributed by atoms with Crippen LogP contribution in [-0.4, -0.2) is 13.2 Å². The monoisotopic (exact) mass is 580 g/mol. The fourth-order valence-corrected chi connectivity index (χ4v) is 5.04. The molecular formula is C28H38Br2O3. The Kier molecular flexibility index (Phi) is 11.4. The van der Waals surface area contributed by atoms with Crippen molar-refractivity contribution in [2.24, 2.45) is 0 Å². The average Bonchev–Trinajstić information content (AvgIpc) is 3.16. The first kappa shape index (κ1) is 26.4.